The fourth-order valence-corrected chi connectivity index (χ4v) is 5.04. The SMILES string of the molecule is COC(=O)c1c(-c2ccc(Cl)cc2)csc1NC(=O)[C@]1(C)CC1(Br)Br. The van der Waals surface area contributed by atoms with E-state index in [-0.39, 0.29) is 5.91 Å². The summed E-state index contributed by atoms with van der Waals surface area (Å²) in [5.41, 5.74) is 1.30. The van der Waals surface area contributed by atoms with Crippen molar-refractivity contribution in [1.82, 2.24) is 0 Å². The highest BCUT2D eigenvalue weighted by molar-refractivity contribution is 9.25. The molecular formula is C17H14Br2ClNO3S. The van der Waals surface area contributed by atoms with Crippen molar-refractivity contribution in [3.8, 4) is 11.1 Å². The third-order valence-corrected chi connectivity index (χ3v) is 7.78. The Morgan fingerprint density at radius 2 is 1.88 bits per heavy atom. The zero-order chi connectivity index (χ0) is 18.4. The van der Waals surface area contributed by atoms with Crippen molar-refractivity contribution < 1.29 is 14.3 Å². The van der Waals surface area contributed by atoms with Crippen LogP contribution in [0.1, 0.15) is 23.7 Å². The van der Waals surface area contributed by atoms with Crippen LogP contribution in [-0.4, -0.2) is 22.2 Å². The molecular weight excluding hydrogens is 494 g/mol. The molecule has 0 saturated heterocycles. The number of carbonyl (C=O) groups is 2. The van der Waals surface area contributed by atoms with E-state index in [1.807, 2.05) is 24.4 Å². The second kappa shape index (κ2) is 6.68. The number of halogens is 3. The molecule has 0 unspecified atom stereocenters. The molecule has 25 heavy (non-hydrogen) atoms. The fourth-order valence-electron chi connectivity index (χ4n) is 2.48. The highest BCUT2D eigenvalue weighted by atomic mass is 79.9. The number of carbonyl (C=O) groups excluding carboxylic acids is 2. The number of anilines is 1. The van der Waals surface area contributed by atoms with E-state index in [0.717, 1.165) is 5.56 Å². The van der Waals surface area contributed by atoms with Crippen molar-refractivity contribution >= 4 is 71.7 Å². The molecule has 4 nitrogen and oxygen atoms in total. The van der Waals surface area contributed by atoms with Gasteiger partial charge in [-0.05, 0) is 31.0 Å². The van der Waals surface area contributed by atoms with Gasteiger partial charge in [0, 0.05) is 16.0 Å². The average molecular weight is 508 g/mol. The number of alkyl halides is 2. The molecule has 1 N–H and O–H groups in total. The van der Waals surface area contributed by atoms with Crippen LogP contribution >= 0.6 is 54.8 Å². The van der Waals surface area contributed by atoms with E-state index in [1.54, 1.807) is 12.1 Å². The number of amides is 1. The molecule has 1 aromatic heterocycles. The van der Waals surface area contributed by atoms with Crippen LogP contribution in [0, 0.1) is 5.41 Å². The molecule has 1 aliphatic carbocycles. The minimum atomic E-state index is -0.579. The Hall–Kier alpha value is -0.890. The topological polar surface area (TPSA) is 55.4 Å². The maximum Gasteiger partial charge on any atom is 0.341 e. The summed E-state index contributed by atoms with van der Waals surface area (Å²) >= 11 is 14.2. The van der Waals surface area contributed by atoms with E-state index in [9.17, 15) is 9.59 Å². The van der Waals surface area contributed by atoms with Crippen LogP contribution in [0.2, 0.25) is 5.02 Å². The average Bonchev–Trinajstić information content (AvgIpc) is 2.91. The molecule has 132 valence electrons. The van der Waals surface area contributed by atoms with Crippen molar-refractivity contribution in [2.24, 2.45) is 5.41 Å². The van der Waals surface area contributed by atoms with Crippen molar-refractivity contribution in [2.75, 3.05) is 12.4 Å². The van der Waals surface area contributed by atoms with Gasteiger partial charge in [0.25, 0.3) is 0 Å². The highest BCUT2D eigenvalue weighted by Gasteiger charge is 2.66. The quantitative estimate of drug-likeness (QED) is 0.427. The van der Waals surface area contributed by atoms with Gasteiger partial charge in [0.2, 0.25) is 5.91 Å². The number of rotatable bonds is 4. The lowest BCUT2D eigenvalue weighted by atomic mass is 10.0. The van der Waals surface area contributed by atoms with Crippen LogP contribution in [0.4, 0.5) is 5.00 Å². The maximum absolute atomic E-state index is 12.6. The minimum Gasteiger partial charge on any atom is -0.465 e. The molecule has 2 aromatic rings. The largest absolute Gasteiger partial charge is 0.465 e. The molecule has 8 heteroatoms. The van der Waals surface area contributed by atoms with Crippen molar-refractivity contribution in [1.29, 1.82) is 0 Å². The number of hydrogen-bond donors (Lipinski definition) is 1. The molecule has 0 radical (unpaired) electrons. The van der Waals surface area contributed by atoms with Crippen molar-refractivity contribution in [3.63, 3.8) is 0 Å². The number of nitrogens with one attached hydrogen (secondary N) is 1. The Labute approximate surface area is 171 Å². The van der Waals surface area contributed by atoms with Gasteiger partial charge in [-0.3, -0.25) is 4.79 Å². The van der Waals surface area contributed by atoms with Crippen molar-refractivity contribution in [2.45, 2.75) is 16.6 Å². The van der Waals surface area contributed by atoms with Crippen LogP contribution in [0.15, 0.2) is 29.6 Å². The number of hydrogen-bond acceptors (Lipinski definition) is 4. The first kappa shape index (κ1) is 18.9. The van der Waals surface area contributed by atoms with Gasteiger partial charge in [-0.1, -0.05) is 55.6 Å². The monoisotopic (exact) mass is 505 g/mol. The van der Waals surface area contributed by atoms with Gasteiger partial charge in [0.1, 0.15) is 10.6 Å². The Bertz CT molecular complexity index is 850. The standard InChI is InChI=1S/C17H14Br2ClNO3S/c1-16(8-17(16,18)19)15(23)21-13-12(14(22)24-2)11(7-25-13)9-3-5-10(20)6-4-9/h3-7H,8H2,1-2H3,(H,21,23)/t16-/m0/s1. The van der Waals surface area contributed by atoms with E-state index in [4.69, 9.17) is 16.3 Å². The first-order chi connectivity index (χ1) is 11.7. The summed E-state index contributed by atoms with van der Waals surface area (Å²) < 4.78 is 4.51. The molecule has 1 fully saturated rings. The van der Waals surface area contributed by atoms with Crippen LogP contribution < -0.4 is 5.32 Å². The van der Waals surface area contributed by atoms with Crippen LogP contribution in [0.3, 0.4) is 0 Å². The molecule has 1 atom stereocenters. The molecule has 1 aromatic carbocycles. The van der Waals surface area contributed by atoms with Crippen LogP contribution in [0.25, 0.3) is 11.1 Å². The van der Waals surface area contributed by atoms with Gasteiger partial charge in [-0.2, -0.15) is 0 Å². The van der Waals surface area contributed by atoms with E-state index in [1.165, 1.54) is 18.4 Å². The van der Waals surface area contributed by atoms with Crippen molar-refractivity contribution in [3.05, 3.63) is 40.2 Å². The number of esters is 1. The zero-order valence-electron chi connectivity index (χ0n) is 13.4. The summed E-state index contributed by atoms with van der Waals surface area (Å²) in [7, 11) is 1.32. The Balaban J connectivity index is 1.96. The number of methoxy groups -OCH3 is 1. The van der Waals surface area contributed by atoms with E-state index in [0.29, 0.717) is 27.6 Å². The molecule has 0 bridgehead atoms. The van der Waals surface area contributed by atoms with Gasteiger partial charge in [-0.25, -0.2) is 4.79 Å². The summed E-state index contributed by atoms with van der Waals surface area (Å²) in [6.07, 6.45) is 0.662. The fraction of sp³-hybridized carbons (Fsp3) is 0.294. The maximum atomic E-state index is 12.6. The normalized spacial score (nSPS) is 20.8. The number of benzene rings is 1. The van der Waals surface area contributed by atoms with Gasteiger partial charge >= 0.3 is 5.97 Å². The lowest BCUT2D eigenvalue weighted by Crippen LogP contribution is -2.26. The lowest BCUT2D eigenvalue weighted by molar-refractivity contribution is -0.120. The third-order valence-electron chi connectivity index (χ3n) is 4.32. The van der Waals surface area contributed by atoms with Crippen LogP contribution in [0.5, 0.6) is 0 Å². The van der Waals surface area contributed by atoms with E-state index >= 15 is 0 Å². The Morgan fingerprint density at radius 3 is 2.40 bits per heavy atom. The summed E-state index contributed by atoms with van der Waals surface area (Å²) in [6.45, 7) is 1.86. The minimum absolute atomic E-state index is 0.157. The summed E-state index contributed by atoms with van der Waals surface area (Å²) in [5, 5.41) is 5.80. The second-order valence-corrected chi connectivity index (χ2v) is 11.1. The van der Waals surface area contributed by atoms with E-state index < -0.39 is 14.6 Å². The second-order valence-electron chi connectivity index (χ2n) is 6.02. The Kier molecular flexibility index (Phi) is 5.05. The van der Waals surface area contributed by atoms with Gasteiger partial charge in [-0.15, -0.1) is 11.3 Å². The summed E-state index contributed by atoms with van der Waals surface area (Å²) in [6, 6.07) is 7.16. The zero-order valence-corrected chi connectivity index (χ0v) is 18.1. The van der Waals surface area contributed by atoms with Crippen LogP contribution in [-0.2, 0) is 9.53 Å². The number of ether oxygens (including phenoxy) is 1. The Morgan fingerprint density at radius 1 is 1.28 bits per heavy atom. The molecule has 1 heterocycles. The molecule has 1 aliphatic rings. The summed E-state index contributed by atoms with van der Waals surface area (Å²) in [5.74, 6) is -0.651. The smallest absolute Gasteiger partial charge is 0.341 e. The number of thiophene rings is 1. The molecule has 1 amide bonds. The highest BCUT2D eigenvalue weighted by Crippen LogP contribution is 2.66. The molecule has 0 spiro atoms. The predicted octanol–water partition coefficient (Wildman–Crippen LogP) is 5.69. The van der Waals surface area contributed by atoms with Gasteiger partial charge in [0.15, 0.2) is 0 Å². The van der Waals surface area contributed by atoms with Gasteiger partial charge < -0.3 is 10.1 Å². The molecule has 3 rings (SSSR count). The molecule has 0 aliphatic heterocycles. The molecule has 1 saturated carbocycles. The third kappa shape index (κ3) is 3.39. The predicted molar refractivity (Wildman–Crippen MR) is 108 cm³/mol. The first-order valence-electron chi connectivity index (χ1n) is 7.34. The first-order valence-corrected chi connectivity index (χ1v) is 10.2. The van der Waals surface area contributed by atoms with Gasteiger partial charge in [0.05, 0.1) is 15.8 Å². The lowest BCUT2D eigenvalue weighted by Gasteiger charge is -2.13. The van der Waals surface area contributed by atoms with E-state index in [2.05, 4.69) is 37.2 Å². The summed E-state index contributed by atoms with van der Waals surface area (Å²) in [4.78, 5) is 25.0.